The molecule has 0 aromatic heterocycles. The van der Waals surface area contributed by atoms with E-state index >= 15 is 0 Å². The molecule has 1 aliphatic rings. The van der Waals surface area contributed by atoms with Gasteiger partial charge in [-0.1, -0.05) is 28.1 Å². The van der Waals surface area contributed by atoms with Crippen molar-refractivity contribution in [1.29, 1.82) is 0 Å². The molecule has 0 fully saturated rings. The van der Waals surface area contributed by atoms with E-state index in [1.807, 2.05) is 17.0 Å². The Morgan fingerprint density at radius 1 is 1.38 bits per heavy atom. The maximum atomic E-state index is 11.0. The van der Waals surface area contributed by atoms with Crippen LogP contribution in [0, 0.1) is 10.1 Å². The first-order valence-corrected chi connectivity index (χ1v) is 5.81. The minimum absolute atomic E-state index is 0.157. The fourth-order valence-corrected chi connectivity index (χ4v) is 2.12. The summed E-state index contributed by atoms with van der Waals surface area (Å²) < 4.78 is 0.732. The van der Waals surface area contributed by atoms with Gasteiger partial charge in [0, 0.05) is 23.6 Å². The number of rotatable bonds is 2. The van der Waals surface area contributed by atoms with Crippen LogP contribution < -0.4 is 4.90 Å². The minimum Gasteiger partial charge on any atom is -0.362 e. The van der Waals surface area contributed by atoms with Crippen LogP contribution in [0.1, 0.15) is 6.42 Å². The summed E-state index contributed by atoms with van der Waals surface area (Å²) >= 11 is 3.25. The molecular weight excluding hydrogens is 272 g/mol. The van der Waals surface area contributed by atoms with Crippen LogP contribution in [-0.4, -0.2) is 18.0 Å². The highest BCUT2D eigenvalue weighted by Crippen LogP contribution is 2.31. The lowest BCUT2D eigenvalue weighted by Gasteiger charge is -2.25. The lowest BCUT2D eigenvalue weighted by atomic mass is 10.2. The SMILES string of the molecule is O=[N+]([O-])c1cc(Br)ccc1N1CC=CCC1. The normalized spacial score (nSPS) is 15.2. The summed E-state index contributed by atoms with van der Waals surface area (Å²) in [5, 5.41) is 11.0. The van der Waals surface area contributed by atoms with E-state index in [-0.39, 0.29) is 10.6 Å². The van der Waals surface area contributed by atoms with E-state index in [9.17, 15) is 10.1 Å². The van der Waals surface area contributed by atoms with Gasteiger partial charge in [-0.25, -0.2) is 0 Å². The zero-order valence-corrected chi connectivity index (χ0v) is 10.2. The molecule has 0 atom stereocenters. The largest absolute Gasteiger partial charge is 0.362 e. The van der Waals surface area contributed by atoms with Gasteiger partial charge in [-0.2, -0.15) is 0 Å². The molecule has 84 valence electrons. The van der Waals surface area contributed by atoms with Crippen molar-refractivity contribution in [3.05, 3.63) is 44.9 Å². The van der Waals surface area contributed by atoms with Gasteiger partial charge in [-0.3, -0.25) is 10.1 Å². The number of nitro groups is 1. The van der Waals surface area contributed by atoms with Crippen LogP contribution in [0.15, 0.2) is 34.8 Å². The third-order valence-electron chi connectivity index (χ3n) is 2.53. The van der Waals surface area contributed by atoms with Crippen molar-refractivity contribution in [3.63, 3.8) is 0 Å². The number of hydrogen-bond donors (Lipinski definition) is 0. The molecule has 0 N–H and O–H groups in total. The van der Waals surface area contributed by atoms with Crippen molar-refractivity contribution >= 4 is 27.3 Å². The average molecular weight is 283 g/mol. The van der Waals surface area contributed by atoms with Gasteiger partial charge in [-0.15, -0.1) is 0 Å². The zero-order chi connectivity index (χ0) is 11.5. The molecule has 0 saturated carbocycles. The van der Waals surface area contributed by atoms with Gasteiger partial charge in [0.1, 0.15) is 5.69 Å². The van der Waals surface area contributed by atoms with Crippen LogP contribution in [0.5, 0.6) is 0 Å². The van der Waals surface area contributed by atoms with Crippen molar-refractivity contribution in [1.82, 2.24) is 0 Å². The van der Waals surface area contributed by atoms with Gasteiger partial charge in [0.2, 0.25) is 0 Å². The molecule has 1 aromatic carbocycles. The van der Waals surface area contributed by atoms with Crippen molar-refractivity contribution in [2.45, 2.75) is 6.42 Å². The molecule has 2 rings (SSSR count). The highest BCUT2D eigenvalue weighted by molar-refractivity contribution is 9.10. The number of halogens is 1. The minimum atomic E-state index is -0.335. The summed E-state index contributed by atoms with van der Waals surface area (Å²) in [4.78, 5) is 12.6. The Morgan fingerprint density at radius 3 is 2.81 bits per heavy atom. The van der Waals surface area contributed by atoms with Crippen LogP contribution in [0.4, 0.5) is 11.4 Å². The molecule has 0 aliphatic carbocycles. The first kappa shape index (κ1) is 11.1. The van der Waals surface area contributed by atoms with Crippen LogP contribution in [0.25, 0.3) is 0 Å². The molecule has 0 spiro atoms. The molecule has 1 aromatic rings. The molecule has 5 heteroatoms. The van der Waals surface area contributed by atoms with E-state index in [1.165, 1.54) is 0 Å². The van der Waals surface area contributed by atoms with Gasteiger partial charge in [0.25, 0.3) is 5.69 Å². The molecular formula is C11H11BrN2O2. The smallest absolute Gasteiger partial charge is 0.293 e. The second kappa shape index (κ2) is 4.65. The standard InChI is InChI=1S/C11H11BrN2O2/c12-9-4-5-10(11(8-9)14(15)16)13-6-2-1-3-7-13/h1-2,4-5,8H,3,6-7H2. The molecule has 0 unspecified atom stereocenters. The van der Waals surface area contributed by atoms with Crippen molar-refractivity contribution in [2.24, 2.45) is 0 Å². The number of benzene rings is 1. The Balaban J connectivity index is 2.39. The maximum Gasteiger partial charge on any atom is 0.293 e. The van der Waals surface area contributed by atoms with Gasteiger partial charge < -0.3 is 4.90 Å². The number of anilines is 1. The predicted octanol–water partition coefficient (Wildman–Crippen LogP) is 3.12. The highest BCUT2D eigenvalue weighted by atomic mass is 79.9. The monoisotopic (exact) mass is 282 g/mol. The number of hydrogen-bond acceptors (Lipinski definition) is 3. The molecule has 0 saturated heterocycles. The highest BCUT2D eigenvalue weighted by Gasteiger charge is 2.19. The van der Waals surface area contributed by atoms with Crippen LogP contribution in [-0.2, 0) is 0 Å². The van der Waals surface area contributed by atoms with E-state index in [4.69, 9.17) is 0 Å². The van der Waals surface area contributed by atoms with Crippen molar-refractivity contribution in [2.75, 3.05) is 18.0 Å². The van der Waals surface area contributed by atoms with E-state index < -0.39 is 0 Å². The van der Waals surface area contributed by atoms with Crippen LogP contribution in [0.3, 0.4) is 0 Å². The van der Waals surface area contributed by atoms with E-state index in [1.54, 1.807) is 12.1 Å². The predicted molar refractivity (Wildman–Crippen MR) is 66.8 cm³/mol. The van der Waals surface area contributed by atoms with Crippen molar-refractivity contribution < 1.29 is 4.92 Å². The first-order chi connectivity index (χ1) is 7.68. The first-order valence-electron chi connectivity index (χ1n) is 5.02. The summed E-state index contributed by atoms with van der Waals surface area (Å²) in [6.07, 6.45) is 5.07. The zero-order valence-electron chi connectivity index (χ0n) is 8.60. The third kappa shape index (κ3) is 2.24. The summed E-state index contributed by atoms with van der Waals surface area (Å²) in [5.74, 6) is 0. The van der Waals surface area contributed by atoms with E-state index in [2.05, 4.69) is 22.0 Å². The second-order valence-corrected chi connectivity index (χ2v) is 4.51. The Morgan fingerprint density at radius 2 is 2.19 bits per heavy atom. The van der Waals surface area contributed by atoms with Crippen LogP contribution in [0.2, 0.25) is 0 Å². The molecule has 0 amide bonds. The van der Waals surface area contributed by atoms with Gasteiger partial charge in [0.15, 0.2) is 0 Å². The molecule has 4 nitrogen and oxygen atoms in total. The number of nitrogens with zero attached hydrogens (tertiary/aromatic N) is 2. The Kier molecular flexibility index (Phi) is 3.24. The Labute approximate surface area is 102 Å². The van der Waals surface area contributed by atoms with Gasteiger partial charge >= 0.3 is 0 Å². The Hall–Kier alpha value is -1.36. The second-order valence-electron chi connectivity index (χ2n) is 3.60. The average Bonchev–Trinajstić information content (AvgIpc) is 2.30. The topological polar surface area (TPSA) is 46.4 Å². The molecule has 16 heavy (non-hydrogen) atoms. The fraction of sp³-hybridized carbons (Fsp3) is 0.273. The summed E-state index contributed by atoms with van der Waals surface area (Å²) in [7, 11) is 0. The molecule has 0 bridgehead atoms. The maximum absolute atomic E-state index is 11.0. The third-order valence-corrected chi connectivity index (χ3v) is 3.03. The van der Waals surface area contributed by atoms with Crippen LogP contribution >= 0.6 is 15.9 Å². The summed E-state index contributed by atoms with van der Waals surface area (Å²) in [5.41, 5.74) is 0.849. The molecule has 0 radical (unpaired) electrons. The lowest BCUT2D eigenvalue weighted by molar-refractivity contribution is -0.384. The fourth-order valence-electron chi connectivity index (χ4n) is 1.77. The van der Waals surface area contributed by atoms with E-state index in [0.717, 1.165) is 24.0 Å². The lowest BCUT2D eigenvalue weighted by Crippen LogP contribution is -2.27. The molecule has 1 heterocycles. The summed E-state index contributed by atoms with van der Waals surface area (Å²) in [6.45, 7) is 1.57. The quantitative estimate of drug-likeness (QED) is 0.476. The van der Waals surface area contributed by atoms with Gasteiger partial charge in [-0.05, 0) is 18.6 Å². The molecule has 1 aliphatic heterocycles. The van der Waals surface area contributed by atoms with E-state index in [0.29, 0.717) is 5.69 Å². The summed E-state index contributed by atoms with van der Waals surface area (Å²) in [6, 6.07) is 5.18. The van der Waals surface area contributed by atoms with Gasteiger partial charge in [0.05, 0.1) is 4.92 Å². The Bertz CT molecular complexity index is 446. The number of nitro benzene ring substituents is 1. The van der Waals surface area contributed by atoms with Crippen molar-refractivity contribution in [3.8, 4) is 0 Å².